The summed E-state index contributed by atoms with van der Waals surface area (Å²) in [6.45, 7) is 0.347. The molecule has 35 heavy (non-hydrogen) atoms. The van der Waals surface area contributed by atoms with E-state index in [4.69, 9.17) is 20.7 Å². The number of fused-ring (bicyclic) bond motifs is 1. The molecule has 0 spiro atoms. The first kappa shape index (κ1) is 22.5. The number of carbonyl (C=O) groups excluding carboxylic acids is 2. The second-order valence-electron chi connectivity index (χ2n) is 8.79. The molecular weight excluding hydrogens is 444 g/mol. The lowest BCUT2D eigenvalue weighted by atomic mass is 9.93. The highest BCUT2D eigenvalue weighted by Gasteiger charge is 2.62. The van der Waals surface area contributed by atoms with Crippen LogP contribution in [0, 0.1) is 11.3 Å². The molecule has 0 bridgehead atoms. The topological polar surface area (TPSA) is 127 Å². The number of benzene rings is 2. The molecule has 1 aliphatic carbocycles. The van der Waals surface area contributed by atoms with Gasteiger partial charge in [-0.05, 0) is 54.8 Å². The number of carbonyl (C=O) groups is 2. The fraction of sp³-hybridized carbons (Fsp3) is 0.185. The molecule has 2 aromatic heterocycles. The van der Waals surface area contributed by atoms with Crippen molar-refractivity contribution in [2.24, 2.45) is 17.1 Å². The van der Waals surface area contributed by atoms with Gasteiger partial charge in [0, 0.05) is 28.9 Å². The number of nitrogens with zero attached hydrogens (tertiary/aromatic N) is 2. The number of primary amides is 1. The fourth-order valence-corrected chi connectivity index (χ4v) is 4.54. The summed E-state index contributed by atoms with van der Waals surface area (Å²) in [5, 5.41) is 9.90. The van der Waals surface area contributed by atoms with Crippen molar-refractivity contribution in [1.29, 1.82) is 0 Å². The Morgan fingerprint density at radius 3 is 2.63 bits per heavy atom. The molecule has 5 rings (SSSR count). The molecule has 0 saturated heterocycles. The molecule has 2 atom stereocenters. The van der Waals surface area contributed by atoms with E-state index in [0.29, 0.717) is 25.2 Å². The van der Waals surface area contributed by atoms with E-state index in [9.17, 15) is 9.59 Å². The van der Waals surface area contributed by atoms with Crippen LogP contribution in [0.2, 0.25) is 0 Å². The molecule has 0 aliphatic heterocycles. The predicted octanol–water partition coefficient (Wildman–Crippen LogP) is 3.42. The highest BCUT2D eigenvalue weighted by atomic mass is 16.5. The van der Waals surface area contributed by atoms with Crippen molar-refractivity contribution in [1.82, 2.24) is 15.4 Å². The van der Waals surface area contributed by atoms with Crippen LogP contribution in [0.25, 0.3) is 22.2 Å². The Bertz CT molecular complexity index is 1390. The highest BCUT2D eigenvalue weighted by molar-refractivity contribution is 5.95. The second-order valence-corrected chi connectivity index (χ2v) is 8.79. The van der Waals surface area contributed by atoms with E-state index in [0.717, 1.165) is 33.3 Å². The molecule has 2 amide bonds. The number of aromatic nitrogens is 2. The zero-order valence-corrected chi connectivity index (χ0v) is 18.8. The van der Waals surface area contributed by atoms with Crippen LogP contribution < -0.4 is 16.0 Å². The molecule has 2 heterocycles. The Balaban J connectivity index is 1.33. The lowest BCUT2D eigenvalue weighted by Gasteiger charge is -2.14. The summed E-state index contributed by atoms with van der Waals surface area (Å²) in [5.41, 5.74) is 10.7. The van der Waals surface area contributed by atoms with E-state index >= 15 is 0 Å². The molecule has 2 aromatic carbocycles. The van der Waals surface area contributed by atoms with E-state index < -0.39 is 23.1 Å². The number of para-hydroxylation sites is 1. The standard InChI is InChI=1S/C27H24N4O4/c28-26(33)27(14-22(27)25(32)31-34)13-17-7-9-20(10-8-17)35-16-19-12-24(18-4-3-11-29-15-18)30-23-6-2-1-5-21(19)23/h1-12,15,22,34H,13-14,16H2,(H2,28,33)(H,31,32)/t22-,27+/m1/s1. The number of hydrogen-bond donors (Lipinski definition) is 3. The normalized spacial score (nSPS) is 18.7. The van der Waals surface area contributed by atoms with Crippen LogP contribution in [0.3, 0.4) is 0 Å². The lowest BCUT2D eigenvalue weighted by molar-refractivity contribution is -0.134. The Hall–Kier alpha value is -4.30. The Kier molecular flexibility index (Phi) is 5.88. The van der Waals surface area contributed by atoms with Gasteiger partial charge in [0.25, 0.3) is 0 Å². The minimum Gasteiger partial charge on any atom is -0.489 e. The van der Waals surface area contributed by atoms with Crippen molar-refractivity contribution < 1.29 is 19.5 Å². The maximum Gasteiger partial charge on any atom is 0.247 e. The number of rotatable bonds is 8. The third-order valence-corrected chi connectivity index (χ3v) is 6.59. The van der Waals surface area contributed by atoms with Gasteiger partial charge in [-0.25, -0.2) is 10.5 Å². The number of nitrogens with two attached hydrogens (primary N) is 1. The summed E-state index contributed by atoms with van der Waals surface area (Å²) in [6, 6.07) is 21.2. The van der Waals surface area contributed by atoms with Crippen molar-refractivity contribution in [3.63, 3.8) is 0 Å². The number of hydrogen-bond acceptors (Lipinski definition) is 6. The van der Waals surface area contributed by atoms with Gasteiger partial charge in [-0.2, -0.15) is 0 Å². The molecular formula is C27H24N4O4. The monoisotopic (exact) mass is 468 g/mol. The SMILES string of the molecule is NC(=O)[C@@]1(Cc2ccc(OCc3cc(-c4cccnc4)nc4ccccc34)cc2)C[C@@H]1C(=O)NO. The fourth-order valence-electron chi connectivity index (χ4n) is 4.54. The van der Waals surface area contributed by atoms with Gasteiger partial charge in [0.2, 0.25) is 11.8 Å². The molecule has 1 saturated carbocycles. The number of nitrogens with one attached hydrogen (secondary N) is 1. The first-order valence-corrected chi connectivity index (χ1v) is 11.2. The average Bonchev–Trinajstić information content (AvgIpc) is 3.63. The van der Waals surface area contributed by atoms with E-state index in [-0.39, 0.29) is 0 Å². The van der Waals surface area contributed by atoms with Crippen molar-refractivity contribution in [3.05, 3.63) is 90.3 Å². The van der Waals surface area contributed by atoms with E-state index in [1.807, 2.05) is 66.7 Å². The average molecular weight is 469 g/mol. The second kappa shape index (κ2) is 9.15. The number of ether oxygens (including phenoxy) is 1. The van der Waals surface area contributed by atoms with Crippen LogP contribution in [0.4, 0.5) is 0 Å². The largest absolute Gasteiger partial charge is 0.489 e. The number of hydroxylamine groups is 1. The molecule has 8 nitrogen and oxygen atoms in total. The lowest BCUT2D eigenvalue weighted by Crippen LogP contribution is -2.33. The van der Waals surface area contributed by atoms with Crippen LogP contribution in [-0.2, 0) is 22.6 Å². The minimum absolute atomic E-state index is 0.321. The highest BCUT2D eigenvalue weighted by Crippen LogP contribution is 2.54. The van der Waals surface area contributed by atoms with Crippen LogP contribution in [0.15, 0.2) is 79.1 Å². The summed E-state index contributed by atoms with van der Waals surface area (Å²) < 4.78 is 6.08. The summed E-state index contributed by atoms with van der Waals surface area (Å²) >= 11 is 0. The van der Waals surface area contributed by atoms with Gasteiger partial charge in [0.05, 0.1) is 22.5 Å². The molecule has 1 aliphatic rings. The van der Waals surface area contributed by atoms with Crippen LogP contribution >= 0.6 is 0 Å². The molecule has 0 unspecified atom stereocenters. The van der Waals surface area contributed by atoms with E-state index in [1.165, 1.54) is 0 Å². The summed E-state index contributed by atoms with van der Waals surface area (Å²) in [5.74, 6) is -1.07. The van der Waals surface area contributed by atoms with E-state index in [1.54, 1.807) is 17.9 Å². The van der Waals surface area contributed by atoms with Crippen molar-refractivity contribution in [3.8, 4) is 17.0 Å². The van der Waals surface area contributed by atoms with Crippen molar-refractivity contribution >= 4 is 22.7 Å². The van der Waals surface area contributed by atoms with Gasteiger partial charge in [0.1, 0.15) is 12.4 Å². The number of amides is 2. The smallest absolute Gasteiger partial charge is 0.247 e. The molecule has 4 N–H and O–H groups in total. The van der Waals surface area contributed by atoms with Crippen LogP contribution in [-0.4, -0.2) is 27.0 Å². The molecule has 0 radical (unpaired) electrons. The van der Waals surface area contributed by atoms with E-state index in [2.05, 4.69) is 4.98 Å². The Morgan fingerprint density at radius 1 is 1.11 bits per heavy atom. The first-order chi connectivity index (χ1) is 17.0. The Labute approximate surface area is 201 Å². The van der Waals surface area contributed by atoms with Gasteiger partial charge in [0.15, 0.2) is 0 Å². The van der Waals surface area contributed by atoms with Gasteiger partial charge in [-0.15, -0.1) is 0 Å². The summed E-state index contributed by atoms with van der Waals surface area (Å²) in [4.78, 5) is 32.7. The van der Waals surface area contributed by atoms with Gasteiger partial charge in [-0.3, -0.25) is 19.8 Å². The quantitative estimate of drug-likeness (QED) is 0.269. The van der Waals surface area contributed by atoms with Crippen LogP contribution in [0.1, 0.15) is 17.5 Å². The van der Waals surface area contributed by atoms with Crippen molar-refractivity contribution in [2.75, 3.05) is 0 Å². The maximum absolute atomic E-state index is 12.0. The Morgan fingerprint density at radius 2 is 1.91 bits per heavy atom. The number of pyridine rings is 2. The van der Waals surface area contributed by atoms with Gasteiger partial charge in [-0.1, -0.05) is 30.3 Å². The molecule has 8 heteroatoms. The maximum atomic E-state index is 12.0. The summed E-state index contributed by atoms with van der Waals surface area (Å²) in [7, 11) is 0. The predicted molar refractivity (Wildman–Crippen MR) is 129 cm³/mol. The van der Waals surface area contributed by atoms with Crippen molar-refractivity contribution in [2.45, 2.75) is 19.4 Å². The minimum atomic E-state index is -0.964. The van der Waals surface area contributed by atoms with Gasteiger partial charge >= 0.3 is 0 Å². The summed E-state index contributed by atoms with van der Waals surface area (Å²) in [6.07, 6.45) is 4.16. The molecule has 4 aromatic rings. The zero-order valence-electron chi connectivity index (χ0n) is 18.8. The molecule has 1 fully saturated rings. The van der Waals surface area contributed by atoms with Gasteiger partial charge < -0.3 is 10.5 Å². The zero-order chi connectivity index (χ0) is 24.4. The molecule has 176 valence electrons. The van der Waals surface area contributed by atoms with Crippen LogP contribution in [0.5, 0.6) is 5.75 Å². The first-order valence-electron chi connectivity index (χ1n) is 11.2. The third-order valence-electron chi connectivity index (χ3n) is 6.59. The third kappa shape index (κ3) is 4.43.